The molecule has 8 N–H and O–H groups in total. The number of anilines is 1. The Bertz CT molecular complexity index is 1180. The molecule has 2 unspecified atom stereocenters. The maximum Gasteiger partial charge on any atom is 0.490 e. The van der Waals surface area contributed by atoms with Gasteiger partial charge in [-0.2, -0.15) is 8.62 Å². The largest absolute Gasteiger partial charge is 0.506 e. The molecule has 0 radical (unpaired) electrons. The van der Waals surface area contributed by atoms with E-state index in [9.17, 15) is 28.8 Å². The van der Waals surface area contributed by atoms with Crippen LogP contribution in [-0.4, -0.2) is 62.0 Å². The number of imidazole rings is 1. The predicted octanol–water partition coefficient (Wildman–Crippen LogP) is -0.589. The molecule has 0 fully saturated rings. The highest BCUT2D eigenvalue weighted by Gasteiger charge is 2.43. The third-order valence-corrected chi connectivity index (χ3v) is 7.32. The van der Waals surface area contributed by atoms with Crippen LogP contribution in [0.3, 0.4) is 0 Å². The summed E-state index contributed by atoms with van der Waals surface area (Å²) in [5.41, 5.74) is 5.95. The molecule has 2 aromatic heterocycles. The zero-order chi connectivity index (χ0) is 23.2. The molecule has 0 aliphatic carbocycles. The van der Waals surface area contributed by atoms with Gasteiger partial charge in [0.2, 0.25) is 6.23 Å². The van der Waals surface area contributed by atoms with E-state index in [0.717, 1.165) is 6.33 Å². The standard InChI is InChI=1S/C10H14N5O13P3/c11-8-5-9(13-2-12-8)15(3-14-5)10-7(17)6(16)4(26-10)1-25-30(21,22)28-31(23,24)27-29(18,19)20/h2-3,7,10,16-17H,1H2,(H,21,22)(H,23,24)(H2,11,12,13)(H2,18,19,20)/t7-,10-/m1/s1. The first-order chi connectivity index (χ1) is 14.2. The van der Waals surface area contributed by atoms with Gasteiger partial charge in [0, 0.05) is 0 Å². The number of nitrogens with zero attached hydrogens (tertiary/aromatic N) is 4. The normalized spacial score (nSPS) is 23.5. The molecule has 1 aliphatic heterocycles. The highest BCUT2D eigenvalue weighted by molar-refractivity contribution is 7.66. The van der Waals surface area contributed by atoms with E-state index in [1.165, 1.54) is 10.9 Å². The maximum atomic E-state index is 11.8. The number of fused-ring (bicyclic) bond motifs is 1. The number of rotatable bonds is 8. The highest BCUT2D eigenvalue weighted by Crippen LogP contribution is 2.66. The van der Waals surface area contributed by atoms with Gasteiger partial charge in [-0.1, -0.05) is 0 Å². The van der Waals surface area contributed by atoms with Crippen LogP contribution in [0.5, 0.6) is 0 Å². The molecule has 0 saturated carbocycles. The smallest absolute Gasteiger partial charge is 0.490 e. The second-order valence-corrected chi connectivity index (χ2v) is 10.1. The van der Waals surface area contributed by atoms with Crippen molar-refractivity contribution >= 4 is 40.4 Å². The van der Waals surface area contributed by atoms with Crippen molar-refractivity contribution in [3.63, 3.8) is 0 Å². The summed E-state index contributed by atoms with van der Waals surface area (Å²) < 4.78 is 51.6. The van der Waals surface area contributed by atoms with Crippen molar-refractivity contribution in [1.29, 1.82) is 0 Å². The number of aromatic nitrogens is 4. The lowest BCUT2D eigenvalue weighted by Gasteiger charge is -2.18. The van der Waals surface area contributed by atoms with Gasteiger partial charge in [0.1, 0.15) is 24.8 Å². The second kappa shape index (κ2) is 8.20. The number of hydrogen-bond donors (Lipinski definition) is 7. The summed E-state index contributed by atoms with van der Waals surface area (Å²) >= 11 is 0. The van der Waals surface area contributed by atoms with Crippen molar-refractivity contribution in [3.8, 4) is 0 Å². The van der Waals surface area contributed by atoms with Crippen LogP contribution >= 0.6 is 23.5 Å². The molecule has 0 saturated heterocycles. The van der Waals surface area contributed by atoms with E-state index in [1.807, 2.05) is 0 Å². The zero-order valence-electron chi connectivity index (χ0n) is 14.8. The zero-order valence-corrected chi connectivity index (χ0v) is 17.4. The van der Waals surface area contributed by atoms with E-state index in [1.54, 1.807) is 0 Å². The second-order valence-electron chi connectivity index (χ2n) is 5.71. The molecule has 0 aromatic carbocycles. The molecule has 2 aromatic rings. The Morgan fingerprint density at radius 3 is 2.42 bits per heavy atom. The van der Waals surface area contributed by atoms with Crippen LogP contribution in [0.2, 0.25) is 0 Å². The van der Waals surface area contributed by atoms with Crippen molar-refractivity contribution in [2.24, 2.45) is 0 Å². The number of aliphatic hydroxyl groups is 2. The summed E-state index contributed by atoms with van der Waals surface area (Å²) in [7, 11) is -16.7. The van der Waals surface area contributed by atoms with E-state index in [2.05, 4.69) is 28.1 Å². The van der Waals surface area contributed by atoms with Crippen LogP contribution < -0.4 is 5.73 Å². The Balaban J connectivity index is 1.71. The number of phosphoric acid groups is 3. The van der Waals surface area contributed by atoms with Gasteiger partial charge in [-0.05, 0) is 0 Å². The van der Waals surface area contributed by atoms with Crippen LogP contribution in [0.15, 0.2) is 24.2 Å². The Hall–Kier alpha value is -1.94. The summed E-state index contributed by atoms with van der Waals surface area (Å²) in [5, 5.41) is 20.2. The number of hydrogen-bond acceptors (Lipinski definition) is 13. The molecule has 0 amide bonds. The predicted molar refractivity (Wildman–Crippen MR) is 95.3 cm³/mol. The van der Waals surface area contributed by atoms with Crippen LogP contribution in [0, 0.1) is 0 Å². The van der Waals surface area contributed by atoms with Crippen LogP contribution in [0.4, 0.5) is 5.82 Å². The average molecular weight is 505 g/mol. The first kappa shape index (κ1) is 23.7. The van der Waals surface area contributed by atoms with Gasteiger partial charge in [-0.25, -0.2) is 28.6 Å². The minimum Gasteiger partial charge on any atom is -0.506 e. The number of nitrogens with two attached hydrogens (primary N) is 1. The third kappa shape index (κ3) is 5.46. The van der Waals surface area contributed by atoms with Crippen LogP contribution in [0.1, 0.15) is 6.23 Å². The van der Waals surface area contributed by atoms with Gasteiger partial charge in [0.05, 0.1) is 0 Å². The summed E-state index contributed by atoms with van der Waals surface area (Å²) in [6.45, 7) is -1.08. The van der Waals surface area contributed by atoms with Gasteiger partial charge in [-0.15, -0.1) is 0 Å². The fourth-order valence-electron chi connectivity index (χ4n) is 2.39. The van der Waals surface area contributed by atoms with Gasteiger partial charge in [0.25, 0.3) is 0 Å². The molecule has 21 heteroatoms. The molecule has 1 aliphatic rings. The fourth-order valence-corrected chi connectivity index (χ4v) is 5.36. The quantitative estimate of drug-likeness (QED) is 0.221. The van der Waals surface area contributed by atoms with E-state index in [4.69, 9.17) is 25.2 Å². The van der Waals surface area contributed by atoms with Crippen LogP contribution in [-0.2, 0) is 31.6 Å². The molecule has 31 heavy (non-hydrogen) atoms. The number of phosphoric ester groups is 1. The average Bonchev–Trinajstić information content (AvgIpc) is 3.13. The maximum absolute atomic E-state index is 11.8. The van der Waals surface area contributed by atoms with Crippen LogP contribution in [0.25, 0.3) is 11.2 Å². The summed E-state index contributed by atoms with van der Waals surface area (Å²) in [5.74, 6) is -1.38. The van der Waals surface area contributed by atoms with Crippen molar-refractivity contribution in [2.75, 3.05) is 12.3 Å². The number of nitrogen functional groups attached to an aromatic ring is 1. The van der Waals surface area contributed by atoms with Gasteiger partial charge < -0.3 is 40.3 Å². The molecule has 4 atom stereocenters. The Labute approximate surface area is 171 Å². The molecule has 0 spiro atoms. The SMILES string of the molecule is Nc1ncnc2c1ncn2[C@@H]1OC(COP(=O)(O)OP(=O)(O)OP(=O)(O)O)=C(O)[C@H]1O. The molecule has 3 heterocycles. The van der Waals surface area contributed by atoms with E-state index in [-0.39, 0.29) is 17.0 Å². The first-order valence-corrected chi connectivity index (χ1v) is 12.2. The first-order valence-electron chi connectivity index (χ1n) is 7.67. The number of ether oxygens (including phenoxy) is 1. The van der Waals surface area contributed by atoms with Gasteiger partial charge in [0.15, 0.2) is 29.1 Å². The molecule has 0 bridgehead atoms. The molecular formula is C10H14N5O13P3. The lowest BCUT2D eigenvalue weighted by atomic mass is 10.2. The van der Waals surface area contributed by atoms with E-state index < -0.39 is 53.9 Å². The topological polar surface area (TPSA) is 279 Å². The van der Waals surface area contributed by atoms with Crippen molar-refractivity contribution in [2.45, 2.75) is 12.3 Å². The summed E-state index contributed by atoms with van der Waals surface area (Å²) in [4.78, 5) is 47.1. The Kier molecular flexibility index (Phi) is 6.27. The third-order valence-electron chi connectivity index (χ3n) is 3.53. The Morgan fingerprint density at radius 1 is 1.10 bits per heavy atom. The van der Waals surface area contributed by atoms with Crippen molar-refractivity contribution < 1.29 is 61.4 Å². The Morgan fingerprint density at radius 2 is 1.77 bits per heavy atom. The molecule has 18 nitrogen and oxygen atoms in total. The van der Waals surface area contributed by atoms with E-state index in [0.29, 0.717) is 0 Å². The summed E-state index contributed by atoms with van der Waals surface area (Å²) in [6.07, 6.45) is -0.796. The molecular weight excluding hydrogens is 491 g/mol. The minimum atomic E-state index is -5.72. The monoisotopic (exact) mass is 505 g/mol. The molecule has 172 valence electrons. The van der Waals surface area contributed by atoms with E-state index >= 15 is 0 Å². The minimum absolute atomic E-state index is 0.0290. The lowest BCUT2D eigenvalue weighted by Crippen LogP contribution is -2.22. The highest BCUT2D eigenvalue weighted by atomic mass is 31.3. The van der Waals surface area contributed by atoms with Gasteiger partial charge in [-0.3, -0.25) is 9.09 Å². The fraction of sp³-hybridized carbons (Fsp3) is 0.300. The summed E-state index contributed by atoms with van der Waals surface area (Å²) in [6, 6.07) is 0. The van der Waals surface area contributed by atoms with Crippen molar-refractivity contribution in [1.82, 2.24) is 19.5 Å². The van der Waals surface area contributed by atoms with Crippen molar-refractivity contribution in [3.05, 3.63) is 24.2 Å². The lowest BCUT2D eigenvalue weighted by molar-refractivity contribution is -0.0119. The molecule has 3 rings (SSSR count). The van der Waals surface area contributed by atoms with Gasteiger partial charge >= 0.3 is 23.5 Å². The number of aliphatic hydroxyl groups excluding tert-OH is 2.